The van der Waals surface area contributed by atoms with Gasteiger partial charge in [-0.15, -0.1) is 0 Å². The maximum Gasteiger partial charge on any atom is 0.262 e. The van der Waals surface area contributed by atoms with Gasteiger partial charge in [-0.25, -0.2) is 10.9 Å². The second-order valence-corrected chi connectivity index (χ2v) is 14.8. The fraction of sp³-hybridized carbons (Fsp3) is 0.417. The number of carbonyl (C=O) groups is 3. The van der Waals surface area contributed by atoms with Crippen molar-refractivity contribution in [3.63, 3.8) is 0 Å². The van der Waals surface area contributed by atoms with Gasteiger partial charge in [-0.3, -0.25) is 14.4 Å². The molecule has 51 heavy (non-hydrogen) atoms. The Kier molecular flexibility index (Phi) is 6.75. The lowest BCUT2D eigenvalue weighted by Gasteiger charge is -2.49. The number of likely N-dealkylation sites (tertiary alicyclic amines) is 1. The normalized spacial score (nSPS) is 23.7. The first-order chi connectivity index (χ1) is 24.4. The number of hydrogen-bond donors (Lipinski definition) is 3. The molecule has 2 aromatic carbocycles. The maximum atomic E-state index is 12.1. The van der Waals surface area contributed by atoms with Crippen molar-refractivity contribution in [2.75, 3.05) is 49.2 Å². The first kappa shape index (κ1) is 31.4. The van der Waals surface area contributed by atoms with Crippen LogP contribution in [0.1, 0.15) is 34.6 Å². The summed E-state index contributed by atoms with van der Waals surface area (Å²) in [5, 5.41) is 13.9. The van der Waals surface area contributed by atoms with Crippen LogP contribution in [0.5, 0.6) is 11.5 Å². The number of ether oxygens (including phenoxy) is 2. The topological polar surface area (TPSA) is 150 Å². The molecule has 0 saturated carbocycles. The quantitative estimate of drug-likeness (QED) is 0.290. The highest BCUT2D eigenvalue weighted by molar-refractivity contribution is 6.11. The van der Waals surface area contributed by atoms with Crippen LogP contribution >= 0.6 is 0 Å². The lowest BCUT2D eigenvalue weighted by Crippen LogP contribution is -2.61. The first-order valence-electron chi connectivity index (χ1n) is 17.3. The number of nitrogens with zero attached hydrogens (tertiary/aromatic N) is 7. The fourth-order valence-electron chi connectivity index (χ4n) is 8.06. The van der Waals surface area contributed by atoms with Crippen LogP contribution in [-0.2, 0) is 25.5 Å². The van der Waals surface area contributed by atoms with Crippen LogP contribution in [0.3, 0.4) is 0 Å². The predicted octanol–water partition coefficient (Wildman–Crippen LogP) is 2.24. The van der Waals surface area contributed by atoms with Gasteiger partial charge in [-0.2, -0.15) is 10.2 Å². The van der Waals surface area contributed by atoms with Crippen molar-refractivity contribution in [3.8, 4) is 11.5 Å². The van der Waals surface area contributed by atoms with E-state index in [9.17, 15) is 14.4 Å². The van der Waals surface area contributed by atoms with Gasteiger partial charge in [0.1, 0.15) is 36.8 Å². The minimum absolute atomic E-state index is 0.0906. The van der Waals surface area contributed by atoms with Gasteiger partial charge >= 0.3 is 0 Å². The third kappa shape index (κ3) is 4.70. The zero-order valence-electron chi connectivity index (χ0n) is 29.2. The molecule has 2 fully saturated rings. The van der Waals surface area contributed by atoms with Crippen molar-refractivity contribution < 1.29 is 23.9 Å². The number of nitrogens with one attached hydrogen (secondary N) is 3. The molecule has 15 nitrogen and oxygen atoms in total. The number of aromatic nitrogens is 2. The number of hydrogen-bond acceptors (Lipinski definition) is 10. The summed E-state index contributed by atoms with van der Waals surface area (Å²) >= 11 is 0. The van der Waals surface area contributed by atoms with Gasteiger partial charge in [0.25, 0.3) is 11.8 Å². The van der Waals surface area contributed by atoms with E-state index >= 15 is 0 Å². The molecule has 8 heterocycles. The second-order valence-electron chi connectivity index (χ2n) is 14.8. The van der Waals surface area contributed by atoms with E-state index in [0.29, 0.717) is 32.1 Å². The Bertz CT molecular complexity index is 2230. The Morgan fingerprint density at radius 1 is 0.765 bits per heavy atom. The summed E-state index contributed by atoms with van der Waals surface area (Å²) in [6.07, 6.45) is 4.20. The summed E-state index contributed by atoms with van der Waals surface area (Å²) in [6.45, 7) is 13.8. The van der Waals surface area contributed by atoms with Crippen molar-refractivity contribution in [1.82, 2.24) is 30.2 Å². The Morgan fingerprint density at radius 3 is 1.67 bits per heavy atom. The molecule has 3 amide bonds. The molecule has 0 bridgehead atoms. The molecule has 3 N–H and O–H groups in total. The molecule has 2 saturated heterocycles. The molecule has 2 atom stereocenters. The Balaban J connectivity index is 0.000000137. The lowest BCUT2D eigenvalue weighted by molar-refractivity contribution is -0.138. The largest absolute Gasteiger partial charge is 0.483 e. The number of carbonyl (C=O) groups excluding carboxylic acids is 3. The molecule has 2 aromatic heterocycles. The van der Waals surface area contributed by atoms with E-state index in [1.807, 2.05) is 34.6 Å². The predicted molar refractivity (Wildman–Crippen MR) is 192 cm³/mol. The maximum absolute atomic E-state index is 12.1. The van der Waals surface area contributed by atoms with Crippen molar-refractivity contribution >= 4 is 62.6 Å². The van der Waals surface area contributed by atoms with E-state index in [2.05, 4.69) is 92.1 Å². The average Bonchev–Trinajstić information content (AvgIpc) is 3.71. The third-order valence-electron chi connectivity index (χ3n) is 11.1. The van der Waals surface area contributed by atoms with E-state index in [1.165, 1.54) is 0 Å². The van der Waals surface area contributed by atoms with Crippen LogP contribution in [0, 0.1) is 0 Å². The average molecular weight is 693 g/mol. The zero-order valence-corrected chi connectivity index (χ0v) is 29.2. The summed E-state index contributed by atoms with van der Waals surface area (Å²) in [4.78, 5) is 41.5. The summed E-state index contributed by atoms with van der Waals surface area (Å²) in [5.74, 6) is 2.86. The van der Waals surface area contributed by atoms with Crippen LogP contribution in [0.25, 0.3) is 21.8 Å². The molecular formula is C36H40N10O5. The first-order valence-corrected chi connectivity index (χ1v) is 17.3. The highest BCUT2D eigenvalue weighted by atomic mass is 16.5. The van der Waals surface area contributed by atoms with Crippen molar-refractivity contribution in [2.24, 2.45) is 10.2 Å². The smallest absolute Gasteiger partial charge is 0.262 e. The molecule has 0 aliphatic carbocycles. The molecular weight excluding hydrogens is 652 g/mol. The number of benzene rings is 2. The second kappa shape index (κ2) is 11.0. The number of amides is 3. The van der Waals surface area contributed by atoms with Gasteiger partial charge in [0, 0.05) is 56.3 Å². The number of rotatable bonds is 2. The number of anilines is 2. The number of hydrazone groups is 2. The van der Waals surface area contributed by atoms with Crippen molar-refractivity contribution in [3.05, 3.63) is 48.8 Å². The summed E-state index contributed by atoms with van der Waals surface area (Å²) in [6, 6.07) is 11.8. The molecule has 15 heteroatoms. The van der Waals surface area contributed by atoms with Gasteiger partial charge in [-0.05, 0) is 64.1 Å². The lowest BCUT2D eigenvalue weighted by atomic mass is 9.91. The monoisotopic (exact) mass is 692 g/mol. The van der Waals surface area contributed by atoms with Crippen LogP contribution in [0.15, 0.2) is 59.0 Å². The van der Waals surface area contributed by atoms with Crippen molar-refractivity contribution in [2.45, 2.75) is 57.8 Å². The minimum atomic E-state index is -0.353. The molecule has 0 unspecified atom stereocenters. The highest BCUT2D eigenvalue weighted by Gasteiger charge is 2.43. The van der Waals surface area contributed by atoms with Crippen molar-refractivity contribution in [1.29, 1.82) is 0 Å². The molecule has 0 radical (unpaired) electrons. The molecule has 6 aliphatic rings. The SMILES string of the molecule is CC(=O)N1CC(C)(n2ccc3cc4c(cc32)N2C(=NNC(=O)[C@H]2C)CO4)C1.C[C@@H]1C(=O)NN=C2COc3cc4ccn(C5(C)CNC5)c4cc3N21. The molecule has 4 aromatic rings. The Hall–Kier alpha value is -5.57. The van der Waals surface area contributed by atoms with E-state index < -0.39 is 0 Å². The van der Waals surface area contributed by atoms with Crippen LogP contribution < -0.4 is 35.4 Å². The van der Waals surface area contributed by atoms with Crippen LogP contribution in [0.4, 0.5) is 11.4 Å². The van der Waals surface area contributed by atoms with E-state index in [4.69, 9.17) is 9.47 Å². The summed E-state index contributed by atoms with van der Waals surface area (Å²) < 4.78 is 16.3. The van der Waals surface area contributed by atoms with Gasteiger partial charge < -0.3 is 38.6 Å². The molecule has 10 rings (SSSR count). The summed E-state index contributed by atoms with van der Waals surface area (Å²) in [7, 11) is 0. The van der Waals surface area contributed by atoms with E-state index in [-0.39, 0.29) is 40.9 Å². The highest BCUT2D eigenvalue weighted by Crippen LogP contribution is 2.42. The molecule has 0 spiro atoms. The Morgan fingerprint density at radius 2 is 1.24 bits per heavy atom. The molecule has 6 aliphatic heterocycles. The van der Waals surface area contributed by atoms with Crippen LogP contribution in [0.2, 0.25) is 0 Å². The van der Waals surface area contributed by atoms with Crippen LogP contribution in [-0.4, -0.2) is 94.9 Å². The minimum Gasteiger partial charge on any atom is -0.483 e. The third-order valence-corrected chi connectivity index (χ3v) is 11.1. The molecule has 264 valence electrons. The van der Waals surface area contributed by atoms with E-state index in [1.54, 1.807) is 6.92 Å². The van der Waals surface area contributed by atoms with E-state index in [0.717, 1.165) is 63.6 Å². The van der Waals surface area contributed by atoms with Gasteiger partial charge in [-0.1, -0.05) is 0 Å². The van der Waals surface area contributed by atoms with Gasteiger partial charge in [0.05, 0.1) is 33.5 Å². The van der Waals surface area contributed by atoms with Gasteiger partial charge in [0.15, 0.2) is 11.7 Å². The standard InChI is InChI=1S/C19H21N5O3.C17H19N5O2/c1-11-18(26)21-20-17-8-27-16-6-13-4-5-23(14(13)7-15(16)24(11)17)19(3)9-22(10-19)12(2)25;1-10-16(23)20-19-15-7-24-14-5-11-3-4-21(17(2)8-18-9-17)12(11)6-13(14)22(10)15/h4-7,11H,8-10H2,1-3H3,(H,21,26);3-6,10,18H,7-9H2,1-2H3,(H,20,23)/t11-;10-/m11/s1. The zero-order chi connectivity index (χ0) is 35.4. The van der Waals surface area contributed by atoms with Gasteiger partial charge in [0.2, 0.25) is 5.91 Å². The number of fused-ring (bicyclic) bond motifs is 8. The fourth-order valence-corrected chi connectivity index (χ4v) is 8.06. The summed E-state index contributed by atoms with van der Waals surface area (Å²) in [5.41, 5.74) is 9.03. The Labute approximate surface area is 293 Å². The number of amidine groups is 2.